The standard InChI is InChI=1S/C29H34N10O/c1-31-18-23(17-30)20-3-5-21(6-4-20)28-26-24(35-37(28)2)8-7-22-19-32-29(34-27(22)26)33-25-9-10-39(36-25)12-11-38-13-15-40-16-14-38/h3-6,9-10,17-19,23,30H,7-8,11-16H2,1-2H3,(H,32,33,34,36). The van der Waals surface area contributed by atoms with E-state index in [0.717, 1.165) is 97.4 Å². The molecule has 1 aromatic carbocycles. The van der Waals surface area contributed by atoms with Crippen molar-refractivity contribution in [3.8, 4) is 22.5 Å². The lowest BCUT2D eigenvalue weighted by molar-refractivity contribution is 0.0360. The predicted octanol–water partition coefficient (Wildman–Crippen LogP) is 3.35. The van der Waals surface area contributed by atoms with Crippen LogP contribution in [0.5, 0.6) is 0 Å². The van der Waals surface area contributed by atoms with Crippen LogP contribution < -0.4 is 5.32 Å². The van der Waals surface area contributed by atoms with Gasteiger partial charge in [-0.3, -0.25) is 19.3 Å². The number of hydrogen-bond acceptors (Lipinski definition) is 9. The largest absolute Gasteiger partial charge is 0.379 e. The van der Waals surface area contributed by atoms with Gasteiger partial charge in [-0.25, -0.2) is 9.97 Å². The number of rotatable bonds is 9. The number of fused-ring (bicyclic) bond motifs is 3. The zero-order valence-corrected chi connectivity index (χ0v) is 22.9. The summed E-state index contributed by atoms with van der Waals surface area (Å²) in [6.45, 7) is 5.30. The van der Waals surface area contributed by atoms with Crippen molar-refractivity contribution in [3.63, 3.8) is 0 Å². The van der Waals surface area contributed by atoms with Crippen molar-refractivity contribution < 1.29 is 4.74 Å². The average Bonchev–Trinajstić information content (AvgIpc) is 3.58. The Bertz CT molecular complexity index is 1510. The number of aryl methyl sites for hydroxylation is 3. The van der Waals surface area contributed by atoms with Gasteiger partial charge < -0.3 is 15.5 Å². The van der Waals surface area contributed by atoms with Crippen LogP contribution in [0, 0.1) is 5.41 Å². The highest BCUT2D eigenvalue weighted by atomic mass is 16.5. The van der Waals surface area contributed by atoms with E-state index in [1.54, 1.807) is 13.3 Å². The van der Waals surface area contributed by atoms with Gasteiger partial charge in [-0.15, -0.1) is 0 Å². The van der Waals surface area contributed by atoms with Crippen molar-refractivity contribution >= 4 is 24.2 Å². The zero-order valence-electron chi connectivity index (χ0n) is 22.9. The average molecular weight is 539 g/mol. The summed E-state index contributed by atoms with van der Waals surface area (Å²) in [5.74, 6) is 1.10. The van der Waals surface area contributed by atoms with Gasteiger partial charge in [0.25, 0.3) is 0 Å². The maximum Gasteiger partial charge on any atom is 0.228 e. The molecular weight excluding hydrogens is 504 g/mol. The Hall–Kier alpha value is -4.22. The van der Waals surface area contributed by atoms with Crippen molar-refractivity contribution in [2.24, 2.45) is 12.0 Å². The minimum atomic E-state index is -0.135. The summed E-state index contributed by atoms with van der Waals surface area (Å²) in [6.07, 6.45) is 8.79. The number of aliphatic imine (C=N–C) groups is 1. The SMILES string of the molecule is CN=CC(C=N)c1ccc(-c2c3c(nn2C)CCc2cnc(Nc4ccn(CCN5CCOCC5)n4)nc2-3)cc1. The highest BCUT2D eigenvalue weighted by Crippen LogP contribution is 2.39. The highest BCUT2D eigenvalue weighted by Gasteiger charge is 2.27. The zero-order chi connectivity index (χ0) is 27.5. The van der Waals surface area contributed by atoms with Crippen molar-refractivity contribution in [3.05, 3.63) is 59.5 Å². The van der Waals surface area contributed by atoms with Crippen molar-refractivity contribution in [1.82, 2.24) is 34.4 Å². The fourth-order valence-corrected chi connectivity index (χ4v) is 5.44. The summed E-state index contributed by atoms with van der Waals surface area (Å²) >= 11 is 0. The molecule has 0 spiro atoms. The van der Waals surface area contributed by atoms with E-state index in [1.165, 1.54) is 6.21 Å². The highest BCUT2D eigenvalue weighted by molar-refractivity contribution is 5.89. The first-order valence-electron chi connectivity index (χ1n) is 13.7. The molecule has 1 saturated heterocycles. The molecule has 0 saturated carbocycles. The Morgan fingerprint density at radius 2 is 1.93 bits per heavy atom. The second kappa shape index (κ2) is 11.5. The lowest BCUT2D eigenvalue weighted by atomic mass is 9.91. The Kier molecular flexibility index (Phi) is 7.47. The number of nitrogens with one attached hydrogen (secondary N) is 2. The summed E-state index contributed by atoms with van der Waals surface area (Å²) in [5.41, 5.74) is 7.22. The first-order valence-corrected chi connectivity index (χ1v) is 13.7. The lowest BCUT2D eigenvalue weighted by Crippen LogP contribution is -2.38. The van der Waals surface area contributed by atoms with E-state index in [2.05, 4.69) is 49.6 Å². The molecule has 2 N–H and O–H groups in total. The summed E-state index contributed by atoms with van der Waals surface area (Å²) in [5, 5.41) is 20.6. The molecule has 1 fully saturated rings. The van der Waals surface area contributed by atoms with Crippen LogP contribution in [0.4, 0.5) is 11.8 Å². The molecule has 1 aliphatic heterocycles. The third kappa shape index (κ3) is 5.30. The van der Waals surface area contributed by atoms with E-state index < -0.39 is 0 Å². The fraction of sp³-hybridized carbons (Fsp3) is 0.379. The van der Waals surface area contributed by atoms with E-state index >= 15 is 0 Å². The molecule has 11 heteroatoms. The molecule has 6 rings (SSSR count). The molecule has 11 nitrogen and oxygen atoms in total. The van der Waals surface area contributed by atoms with E-state index in [1.807, 2.05) is 34.9 Å². The summed E-state index contributed by atoms with van der Waals surface area (Å²) in [4.78, 5) is 16.1. The summed E-state index contributed by atoms with van der Waals surface area (Å²) < 4.78 is 9.34. The van der Waals surface area contributed by atoms with Crippen LogP contribution in [0.1, 0.15) is 22.7 Å². The molecule has 40 heavy (non-hydrogen) atoms. The Labute approximate surface area is 233 Å². The molecule has 1 aliphatic carbocycles. The van der Waals surface area contributed by atoms with Gasteiger partial charge in [0.05, 0.1) is 42.8 Å². The molecule has 206 valence electrons. The third-order valence-electron chi connectivity index (χ3n) is 7.54. The molecule has 0 amide bonds. The molecular formula is C29H34N10O. The minimum Gasteiger partial charge on any atom is -0.379 e. The van der Waals surface area contributed by atoms with E-state index in [0.29, 0.717) is 5.95 Å². The molecule has 4 heterocycles. The van der Waals surface area contributed by atoms with Gasteiger partial charge in [0.1, 0.15) is 0 Å². The second-order valence-electron chi connectivity index (χ2n) is 10.1. The number of morpholine rings is 1. The maximum atomic E-state index is 7.74. The normalized spacial score (nSPS) is 16.1. The summed E-state index contributed by atoms with van der Waals surface area (Å²) in [6, 6.07) is 10.2. The molecule has 2 aliphatic rings. The Morgan fingerprint density at radius 1 is 1.10 bits per heavy atom. The number of anilines is 2. The van der Waals surface area contributed by atoms with E-state index in [-0.39, 0.29) is 5.92 Å². The topological polar surface area (TPSA) is 122 Å². The fourth-order valence-electron chi connectivity index (χ4n) is 5.44. The Balaban J connectivity index is 1.24. The van der Waals surface area contributed by atoms with Gasteiger partial charge in [-0.2, -0.15) is 10.2 Å². The molecule has 0 bridgehead atoms. The molecule has 1 unspecified atom stereocenters. The monoisotopic (exact) mass is 538 g/mol. The minimum absolute atomic E-state index is 0.135. The van der Waals surface area contributed by atoms with Gasteiger partial charge in [0, 0.05) is 75.7 Å². The molecule has 1 atom stereocenters. The second-order valence-corrected chi connectivity index (χ2v) is 10.1. The number of benzene rings is 1. The lowest BCUT2D eigenvalue weighted by Gasteiger charge is -2.26. The van der Waals surface area contributed by atoms with Crippen LogP contribution in [-0.4, -0.2) is 86.8 Å². The number of nitrogens with zero attached hydrogens (tertiary/aromatic N) is 8. The Morgan fingerprint density at radius 3 is 2.70 bits per heavy atom. The van der Waals surface area contributed by atoms with E-state index in [4.69, 9.17) is 20.2 Å². The van der Waals surface area contributed by atoms with E-state index in [9.17, 15) is 0 Å². The predicted molar refractivity (Wildman–Crippen MR) is 156 cm³/mol. The number of aromatic nitrogens is 6. The third-order valence-corrected chi connectivity index (χ3v) is 7.54. The van der Waals surface area contributed by atoms with Crippen LogP contribution in [0.3, 0.4) is 0 Å². The van der Waals surface area contributed by atoms with Gasteiger partial charge in [-0.05, 0) is 24.0 Å². The maximum absolute atomic E-state index is 7.74. The van der Waals surface area contributed by atoms with Crippen LogP contribution in [0.2, 0.25) is 0 Å². The van der Waals surface area contributed by atoms with Crippen molar-refractivity contribution in [2.45, 2.75) is 25.3 Å². The van der Waals surface area contributed by atoms with Crippen molar-refractivity contribution in [1.29, 1.82) is 5.41 Å². The molecule has 4 aromatic rings. The number of ether oxygens (including phenoxy) is 1. The summed E-state index contributed by atoms with van der Waals surface area (Å²) in [7, 11) is 3.71. The van der Waals surface area contributed by atoms with Gasteiger partial charge in [-0.1, -0.05) is 24.3 Å². The smallest absolute Gasteiger partial charge is 0.228 e. The first kappa shape index (κ1) is 26.0. The van der Waals surface area contributed by atoms with Gasteiger partial charge in [0.2, 0.25) is 5.95 Å². The molecule has 0 radical (unpaired) electrons. The molecule has 3 aromatic heterocycles. The van der Waals surface area contributed by atoms with Gasteiger partial charge >= 0.3 is 0 Å². The first-order chi connectivity index (χ1) is 19.6. The van der Waals surface area contributed by atoms with Crippen LogP contribution in [-0.2, 0) is 31.2 Å². The van der Waals surface area contributed by atoms with Gasteiger partial charge in [0.15, 0.2) is 5.82 Å². The van der Waals surface area contributed by atoms with Crippen LogP contribution >= 0.6 is 0 Å². The quantitative estimate of drug-likeness (QED) is 0.313. The van der Waals surface area contributed by atoms with Crippen LogP contribution in [0.15, 0.2) is 47.7 Å². The van der Waals surface area contributed by atoms with Crippen LogP contribution in [0.25, 0.3) is 22.5 Å². The number of hydrogen-bond donors (Lipinski definition) is 2. The van der Waals surface area contributed by atoms with Crippen molar-refractivity contribution in [2.75, 3.05) is 45.2 Å².